The highest BCUT2D eigenvalue weighted by atomic mass is 32.2. The van der Waals surface area contributed by atoms with Gasteiger partial charge in [-0.25, -0.2) is 0 Å². The molecule has 2 aromatic rings. The topological polar surface area (TPSA) is 43.6 Å². The molecule has 0 aliphatic carbocycles. The minimum Gasteiger partial charge on any atom is -0.197 e. The van der Waals surface area contributed by atoms with Gasteiger partial charge in [0.05, 0.1) is 5.69 Å². The van der Waals surface area contributed by atoms with E-state index >= 15 is 0 Å². The number of aromatic nitrogens is 4. The van der Waals surface area contributed by atoms with Crippen LogP contribution in [-0.4, -0.2) is 26.0 Å². The Labute approximate surface area is 101 Å². The fourth-order valence-electron chi connectivity index (χ4n) is 1.43. The number of aryl methyl sites for hydroxylation is 2. The van der Waals surface area contributed by atoms with Gasteiger partial charge in [0.15, 0.2) is 0 Å². The minimum absolute atomic E-state index is 0.0914. The quantitative estimate of drug-likeness (QED) is 0.792. The predicted molar refractivity (Wildman–Crippen MR) is 60.5 cm³/mol. The molecule has 0 atom stereocenters. The van der Waals surface area contributed by atoms with Crippen LogP contribution in [0.1, 0.15) is 11.1 Å². The molecule has 0 N–H and O–H groups in total. The molecule has 1 heterocycles. The van der Waals surface area contributed by atoms with E-state index in [2.05, 4.69) is 15.5 Å². The van der Waals surface area contributed by atoms with Crippen LogP contribution in [0, 0.1) is 13.8 Å². The second-order valence-corrected chi connectivity index (χ2v) is 4.50. The lowest BCUT2D eigenvalue weighted by Crippen LogP contribution is -2.02. The van der Waals surface area contributed by atoms with E-state index in [0.717, 1.165) is 16.8 Å². The highest BCUT2D eigenvalue weighted by Gasteiger charge is 2.15. The van der Waals surface area contributed by atoms with Crippen molar-refractivity contribution < 1.29 is 8.78 Å². The first-order chi connectivity index (χ1) is 8.08. The van der Waals surface area contributed by atoms with Crippen LogP contribution in [0.2, 0.25) is 0 Å². The number of benzene rings is 1. The Morgan fingerprint density at radius 3 is 2.76 bits per heavy atom. The molecule has 0 saturated carbocycles. The predicted octanol–water partition coefficient (Wildman–Crippen LogP) is 2.59. The van der Waals surface area contributed by atoms with Crippen LogP contribution in [-0.2, 0) is 0 Å². The summed E-state index contributed by atoms with van der Waals surface area (Å²) in [7, 11) is 0. The molecular weight excluding hydrogens is 246 g/mol. The fourth-order valence-corrected chi connectivity index (χ4v) is 1.91. The molecule has 17 heavy (non-hydrogen) atoms. The molecule has 0 saturated heterocycles. The molecule has 0 bridgehead atoms. The van der Waals surface area contributed by atoms with Gasteiger partial charge in [0.2, 0.25) is 5.16 Å². The van der Waals surface area contributed by atoms with E-state index < -0.39 is 5.76 Å². The average molecular weight is 256 g/mol. The van der Waals surface area contributed by atoms with E-state index in [4.69, 9.17) is 0 Å². The number of rotatable bonds is 3. The normalized spacial score (nSPS) is 11.1. The number of hydrogen-bond donors (Lipinski definition) is 0. The van der Waals surface area contributed by atoms with Gasteiger partial charge >= 0.3 is 0 Å². The molecule has 90 valence electrons. The van der Waals surface area contributed by atoms with Crippen molar-refractivity contribution in [3.05, 3.63) is 29.3 Å². The standard InChI is InChI=1S/C10H10F2N4S/c1-6-3-4-7(2)8(5-6)16-10(13-14-15-16)17-9(11)12/h3-5,9H,1-2H3. The van der Waals surface area contributed by atoms with Crippen molar-refractivity contribution >= 4 is 11.8 Å². The Morgan fingerprint density at radius 1 is 1.29 bits per heavy atom. The molecule has 0 spiro atoms. The van der Waals surface area contributed by atoms with Crippen LogP contribution in [0.4, 0.5) is 8.78 Å². The summed E-state index contributed by atoms with van der Waals surface area (Å²) in [6.45, 7) is 3.81. The van der Waals surface area contributed by atoms with Crippen molar-refractivity contribution in [2.45, 2.75) is 24.8 Å². The van der Waals surface area contributed by atoms with Crippen molar-refractivity contribution in [3.63, 3.8) is 0 Å². The second-order valence-electron chi connectivity index (χ2n) is 3.54. The zero-order valence-corrected chi connectivity index (χ0v) is 10.1. The number of thioether (sulfide) groups is 1. The van der Waals surface area contributed by atoms with E-state index in [0.29, 0.717) is 11.8 Å². The van der Waals surface area contributed by atoms with E-state index in [-0.39, 0.29) is 5.16 Å². The molecule has 0 radical (unpaired) electrons. The van der Waals surface area contributed by atoms with Crippen LogP contribution in [0.5, 0.6) is 0 Å². The van der Waals surface area contributed by atoms with Crippen molar-refractivity contribution in [2.75, 3.05) is 0 Å². The molecule has 0 aliphatic rings. The summed E-state index contributed by atoms with van der Waals surface area (Å²) in [6, 6.07) is 5.72. The first kappa shape index (κ1) is 12.0. The Balaban J connectivity index is 2.45. The zero-order valence-electron chi connectivity index (χ0n) is 9.26. The maximum Gasteiger partial charge on any atom is 0.291 e. The third-order valence-electron chi connectivity index (χ3n) is 2.23. The Hall–Kier alpha value is -1.50. The number of nitrogens with zero attached hydrogens (tertiary/aromatic N) is 4. The molecule has 0 fully saturated rings. The highest BCUT2D eigenvalue weighted by molar-refractivity contribution is 7.99. The van der Waals surface area contributed by atoms with E-state index in [1.807, 2.05) is 32.0 Å². The van der Waals surface area contributed by atoms with Crippen molar-refractivity contribution in [3.8, 4) is 5.69 Å². The summed E-state index contributed by atoms with van der Waals surface area (Å²) in [4.78, 5) is 0. The van der Waals surface area contributed by atoms with Crippen LogP contribution in [0.25, 0.3) is 5.69 Å². The van der Waals surface area contributed by atoms with Gasteiger partial charge in [0.25, 0.3) is 5.76 Å². The lowest BCUT2D eigenvalue weighted by Gasteiger charge is -2.07. The fraction of sp³-hybridized carbons (Fsp3) is 0.300. The van der Waals surface area contributed by atoms with Crippen LogP contribution < -0.4 is 0 Å². The van der Waals surface area contributed by atoms with Gasteiger partial charge in [0, 0.05) is 0 Å². The minimum atomic E-state index is -2.54. The van der Waals surface area contributed by atoms with Gasteiger partial charge in [-0.15, -0.1) is 5.10 Å². The molecular formula is C10H10F2N4S. The van der Waals surface area contributed by atoms with Gasteiger partial charge in [-0.05, 0) is 53.2 Å². The van der Waals surface area contributed by atoms with Crippen molar-refractivity contribution in [2.24, 2.45) is 0 Å². The number of tetrazole rings is 1. The summed E-state index contributed by atoms with van der Waals surface area (Å²) < 4.78 is 26.0. The number of halogens is 2. The van der Waals surface area contributed by atoms with E-state index in [1.54, 1.807) is 0 Å². The lowest BCUT2D eigenvalue weighted by atomic mass is 10.1. The second kappa shape index (κ2) is 4.79. The third-order valence-corrected chi connectivity index (χ3v) is 2.87. The Bertz CT molecular complexity index is 527. The first-order valence-electron chi connectivity index (χ1n) is 4.89. The Kier molecular flexibility index (Phi) is 3.37. The van der Waals surface area contributed by atoms with E-state index in [9.17, 15) is 8.78 Å². The largest absolute Gasteiger partial charge is 0.291 e. The summed E-state index contributed by atoms with van der Waals surface area (Å²) >= 11 is 0.335. The van der Waals surface area contributed by atoms with Crippen LogP contribution in [0.15, 0.2) is 23.4 Å². The Morgan fingerprint density at radius 2 is 2.06 bits per heavy atom. The monoisotopic (exact) mass is 256 g/mol. The maximum absolute atomic E-state index is 12.3. The molecule has 0 unspecified atom stereocenters. The SMILES string of the molecule is Cc1ccc(C)c(-n2nnnc2SC(F)F)c1. The summed E-state index contributed by atoms with van der Waals surface area (Å²) in [5.41, 5.74) is 2.67. The van der Waals surface area contributed by atoms with Gasteiger partial charge in [0.1, 0.15) is 0 Å². The summed E-state index contributed by atoms with van der Waals surface area (Å²) in [5.74, 6) is -2.54. The molecule has 0 aliphatic heterocycles. The molecule has 1 aromatic heterocycles. The van der Waals surface area contributed by atoms with Gasteiger partial charge in [-0.3, -0.25) is 0 Å². The van der Waals surface area contributed by atoms with Crippen molar-refractivity contribution in [1.82, 2.24) is 20.2 Å². The van der Waals surface area contributed by atoms with Crippen LogP contribution in [0.3, 0.4) is 0 Å². The summed E-state index contributed by atoms with van der Waals surface area (Å²) in [6.07, 6.45) is 0. The zero-order chi connectivity index (χ0) is 12.4. The average Bonchev–Trinajstić information content (AvgIpc) is 2.69. The number of hydrogen-bond acceptors (Lipinski definition) is 4. The molecule has 0 amide bonds. The van der Waals surface area contributed by atoms with Crippen LogP contribution >= 0.6 is 11.8 Å². The highest BCUT2D eigenvalue weighted by Crippen LogP contribution is 2.25. The molecule has 1 aromatic carbocycles. The first-order valence-corrected chi connectivity index (χ1v) is 5.76. The molecule has 4 nitrogen and oxygen atoms in total. The van der Waals surface area contributed by atoms with Gasteiger partial charge in [-0.2, -0.15) is 13.5 Å². The lowest BCUT2D eigenvalue weighted by molar-refractivity contribution is 0.251. The molecule has 7 heteroatoms. The smallest absolute Gasteiger partial charge is 0.197 e. The van der Waals surface area contributed by atoms with E-state index in [1.165, 1.54) is 4.68 Å². The van der Waals surface area contributed by atoms with Gasteiger partial charge in [-0.1, -0.05) is 12.1 Å². The summed E-state index contributed by atoms with van der Waals surface area (Å²) in [5, 5.41) is 10.9. The molecule has 2 rings (SSSR count). The maximum atomic E-state index is 12.3. The third kappa shape index (κ3) is 2.60. The number of alkyl halides is 2. The van der Waals surface area contributed by atoms with Gasteiger partial charge < -0.3 is 0 Å². The van der Waals surface area contributed by atoms with Crippen molar-refractivity contribution in [1.29, 1.82) is 0 Å².